The number of nitrogens with one attached hydrogen (secondary N) is 1. The fraction of sp³-hybridized carbons (Fsp3) is 0.625. The molecule has 2 rings (SSSR count). The number of rotatable bonds is 5. The fourth-order valence-electron chi connectivity index (χ4n) is 2.54. The maximum atomic E-state index is 6.00. The maximum Gasteiger partial charge on any atom is 0.126 e. The van der Waals surface area contributed by atoms with Crippen LogP contribution in [-0.4, -0.2) is 37.7 Å². The van der Waals surface area contributed by atoms with Crippen LogP contribution in [0.1, 0.15) is 30.0 Å². The molecule has 3 heteroatoms. The van der Waals surface area contributed by atoms with Crippen LogP contribution in [0, 0.1) is 13.8 Å². The van der Waals surface area contributed by atoms with Gasteiger partial charge in [0.2, 0.25) is 0 Å². The van der Waals surface area contributed by atoms with Gasteiger partial charge in [-0.25, -0.2) is 0 Å². The summed E-state index contributed by atoms with van der Waals surface area (Å²) in [6.45, 7) is 12.7. The summed E-state index contributed by atoms with van der Waals surface area (Å²) in [5, 5.41) is 3.40. The first-order valence-electron chi connectivity index (χ1n) is 7.37. The second kappa shape index (κ2) is 6.92. The van der Waals surface area contributed by atoms with Gasteiger partial charge in [-0.2, -0.15) is 0 Å². The van der Waals surface area contributed by atoms with Crippen molar-refractivity contribution >= 4 is 0 Å². The van der Waals surface area contributed by atoms with Crippen molar-refractivity contribution in [3.63, 3.8) is 0 Å². The van der Waals surface area contributed by atoms with Gasteiger partial charge in [-0.1, -0.05) is 19.1 Å². The molecule has 0 radical (unpaired) electrons. The van der Waals surface area contributed by atoms with Gasteiger partial charge in [0.1, 0.15) is 5.75 Å². The number of benzene rings is 1. The van der Waals surface area contributed by atoms with Gasteiger partial charge in [0.15, 0.2) is 0 Å². The predicted octanol–water partition coefficient (Wildman–Crippen LogP) is 2.50. The fourth-order valence-corrected chi connectivity index (χ4v) is 2.54. The van der Waals surface area contributed by atoms with Crippen molar-refractivity contribution < 1.29 is 4.74 Å². The molecule has 1 fully saturated rings. The van der Waals surface area contributed by atoms with E-state index in [0.717, 1.165) is 51.5 Å². The van der Waals surface area contributed by atoms with Gasteiger partial charge in [0.25, 0.3) is 0 Å². The zero-order chi connectivity index (χ0) is 13.7. The third-order valence-corrected chi connectivity index (χ3v) is 3.73. The highest BCUT2D eigenvalue weighted by Crippen LogP contribution is 2.28. The zero-order valence-electron chi connectivity index (χ0n) is 12.5. The Morgan fingerprint density at radius 1 is 1.16 bits per heavy atom. The largest absolute Gasteiger partial charge is 0.493 e. The van der Waals surface area contributed by atoms with E-state index < -0.39 is 0 Å². The van der Waals surface area contributed by atoms with E-state index in [0.29, 0.717) is 0 Å². The number of hydrogen-bond donors (Lipinski definition) is 1. The lowest BCUT2D eigenvalue weighted by atomic mass is 10.0. The lowest BCUT2D eigenvalue weighted by Crippen LogP contribution is -2.43. The molecule has 1 heterocycles. The maximum absolute atomic E-state index is 6.00. The molecule has 1 saturated heterocycles. The number of hydrogen-bond acceptors (Lipinski definition) is 3. The highest BCUT2D eigenvalue weighted by molar-refractivity contribution is 5.45. The van der Waals surface area contributed by atoms with Crippen molar-refractivity contribution in [2.75, 3.05) is 32.8 Å². The summed E-state index contributed by atoms with van der Waals surface area (Å²) in [5.41, 5.74) is 3.97. The molecule has 0 spiro atoms. The normalized spacial score (nSPS) is 16.6. The molecule has 19 heavy (non-hydrogen) atoms. The number of piperazine rings is 1. The summed E-state index contributed by atoms with van der Waals surface area (Å²) >= 11 is 0. The summed E-state index contributed by atoms with van der Waals surface area (Å²) in [7, 11) is 0. The molecule has 1 aliphatic heterocycles. The Kier molecular flexibility index (Phi) is 5.23. The van der Waals surface area contributed by atoms with Crippen LogP contribution in [0.4, 0.5) is 0 Å². The quantitative estimate of drug-likeness (QED) is 0.882. The number of ether oxygens (including phenoxy) is 1. The molecule has 0 unspecified atom stereocenters. The van der Waals surface area contributed by atoms with Gasteiger partial charge in [-0.15, -0.1) is 0 Å². The van der Waals surface area contributed by atoms with Crippen molar-refractivity contribution in [1.82, 2.24) is 10.2 Å². The second-order valence-electron chi connectivity index (χ2n) is 5.38. The van der Waals surface area contributed by atoms with Gasteiger partial charge in [-0.3, -0.25) is 4.90 Å². The van der Waals surface area contributed by atoms with Crippen LogP contribution in [-0.2, 0) is 6.54 Å². The van der Waals surface area contributed by atoms with Crippen molar-refractivity contribution in [2.24, 2.45) is 0 Å². The Bertz CT molecular complexity index is 411. The molecule has 0 atom stereocenters. The van der Waals surface area contributed by atoms with Crippen molar-refractivity contribution in [1.29, 1.82) is 0 Å². The number of nitrogens with zero attached hydrogens (tertiary/aromatic N) is 1. The third-order valence-electron chi connectivity index (χ3n) is 3.73. The minimum Gasteiger partial charge on any atom is -0.493 e. The van der Waals surface area contributed by atoms with Gasteiger partial charge in [0, 0.05) is 38.3 Å². The van der Waals surface area contributed by atoms with E-state index in [1.54, 1.807) is 0 Å². The summed E-state index contributed by atoms with van der Waals surface area (Å²) < 4.78 is 6.00. The minimum absolute atomic E-state index is 0.804. The lowest BCUT2D eigenvalue weighted by Gasteiger charge is -2.29. The average molecular weight is 262 g/mol. The number of aryl methyl sites for hydroxylation is 2. The van der Waals surface area contributed by atoms with E-state index in [1.165, 1.54) is 16.7 Å². The molecular weight excluding hydrogens is 236 g/mol. The van der Waals surface area contributed by atoms with Gasteiger partial charge >= 0.3 is 0 Å². The predicted molar refractivity (Wildman–Crippen MR) is 79.8 cm³/mol. The Hall–Kier alpha value is -1.06. The van der Waals surface area contributed by atoms with Crippen LogP contribution in [0.3, 0.4) is 0 Å². The molecule has 1 aromatic rings. The Morgan fingerprint density at radius 2 is 1.84 bits per heavy atom. The van der Waals surface area contributed by atoms with Crippen LogP contribution >= 0.6 is 0 Å². The van der Waals surface area contributed by atoms with E-state index in [9.17, 15) is 0 Å². The first-order valence-corrected chi connectivity index (χ1v) is 7.37. The molecule has 0 saturated carbocycles. The summed E-state index contributed by atoms with van der Waals surface area (Å²) in [6, 6.07) is 4.38. The van der Waals surface area contributed by atoms with E-state index in [-0.39, 0.29) is 0 Å². The van der Waals surface area contributed by atoms with Crippen LogP contribution < -0.4 is 10.1 Å². The SMILES string of the molecule is CCCOc1c(C)ccc(C)c1CN1CCNCC1. The molecule has 0 amide bonds. The van der Waals surface area contributed by atoms with Gasteiger partial charge in [0.05, 0.1) is 6.61 Å². The molecule has 106 valence electrons. The molecule has 0 aliphatic carbocycles. The Labute approximate surface area is 116 Å². The van der Waals surface area contributed by atoms with Gasteiger partial charge < -0.3 is 10.1 Å². The van der Waals surface area contributed by atoms with E-state index in [2.05, 4.69) is 43.1 Å². The minimum atomic E-state index is 0.804. The van der Waals surface area contributed by atoms with Crippen molar-refractivity contribution in [3.05, 3.63) is 28.8 Å². The van der Waals surface area contributed by atoms with Crippen molar-refractivity contribution in [2.45, 2.75) is 33.7 Å². The molecule has 1 aliphatic rings. The van der Waals surface area contributed by atoms with Crippen LogP contribution in [0.5, 0.6) is 5.75 Å². The first-order chi connectivity index (χ1) is 9.22. The first kappa shape index (κ1) is 14.4. The summed E-state index contributed by atoms with van der Waals surface area (Å²) in [5.74, 6) is 1.11. The monoisotopic (exact) mass is 262 g/mol. The highest BCUT2D eigenvalue weighted by Gasteiger charge is 2.16. The van der Waals surface area contributed by atoms with Crippen LogP contribution in [0.2, 0.25) is 0 Å². The second-order valence-corrected chi connectivity index (χ2v) is 5.38. The highest BCUT2D eigenvalue weighted by atomic mass is 16.5. The van der Waals surface area contributed by atoms with Crippen LogP contribution in [0.15, 0.2) is 12.1 Å². The summed E-state index contributed by atoms with van der Waals surface area (Å²) in [6.07, 6.45) is 1.06. The van der Waals surface area contributed by atoms with Crippen LogP contribution in [0.25, 0.3) is 0 Å². The molecule has 1 N–H and O–H groups in total. The van der Waals surface area contributed by atoms with Crippen molar-refractivity contribution in [3.8, 4) is 5.75 Å². The standard InChI is InChI=1S/C16H26N2O/c1-4-11-19-16-14(3)6-5-13(2)15(16)12-18-9-7-17-8-10-18/h5-6,17H,4,7-12H2,1-3H3. The third kappa shape index (κ3) is 3.71. The van der Waals surface area contributed by atoms with Gasteiger partial charge in [-0.05, 0) is 31.4 Å². The topological polar surface area (TPSA) is 24.5 Å². The molecule has 3 nitrogen and oxygen atoms in total. The summed E-state index contributed by atoms with van der Waals surface area (Å²) in [4.78, 5) is 2.51. The van der Waals surface area contributed by atoms with E-state index in [4.69, 9.17) is 4.74 Å². The molecule has 0 aromatic heterocycles. The Balaban J connectivity index is 2.18. The molecular formula is C16H26N2O. The smallest absolute Gasteiger partial charge is 0.126 e. The lowest BCUT2D eigenvalue weighted by molar-refractivity contribution is 0.226. The average Bonchev–Trinajstić information content (AvgIpc) is 2.43. The zero-order valence-corrected chi connectivity index (χ0v) is 12.5. The van der Waals surface area contributed by atoms with E-state index in [1.807, 2.05) is 0 Å². The Morgan fingerprint density at radius 3 is 2.53 bits per heavy atom. The van der Waals surface area contributed by atoms with E-state index >= 15 is 0 Å². The molecule has 0 bridgehead atoms. The molecule has 1 aromatic carbocycles.